The number of nitrogens with two attached hydrogens (primary N) is 1. The quantitative estimate of drug-likeness (QED) is 0.675. The first kappa shape index (κ1) is 13.0. The molecule has 0 aliphatic carbocycles. The molecular formula is C12H16N4O. The molecule has 0 aliphatic heterocycles. The van der Waals surface area contributed by atoms with Gasteiger partial charge in [-0.25, -0.2) is 4.79 Å². The van der Waals surface area contributed by atoms with Crippen molar-refractivity contribution in [3.05, 3.63) is 29.8 Å². The number of amides is 2. The first-order valence-electron chi connectivity index (χ1n) is 5.40. The van der Waals surface area contributed by atoms with Gasteiger partial charge >= 0.3 is 6.03 Å². The Morgan fingerprint density at radius 3 is 2.65 bits per heavy atom. The molecule has 1 aromatic carbocycles. The molecule has 0 fully saturated rings. The predicted molar refractivity (Wildman–Crippen MR) is 66.3 cm³/mol. The lowest BCUT2D eigenvalue weighted by Crippen LogP contribution is -2.20. The zero-order chi connectivity index (χ0) is 12.7. The first-order valence-corrected chi connectivity index (χ1v) is 5.40. The first-order chi connectivity index (χ1) is 8.13. The van der Waals surface area contributed by atoms with E-state index in [9.17, 15) is 4.79 Å². The average molecular weight is 232 g/mol. The van der Waals surface area contributed by atoms with Crippen molar-refractivity contribution in [3.8, 4) is 6.07 Å². The maximum atomic E-state index is 10.6. The van der Waals surface area contributed by atoms with Crippen LogP contribution in [0.3, 0.4) is 0 Å². The minimum Gasteiger partial charge on any atom is -0.351 e. The number of benzene rings is 1. The molecular weight excluding hydrogens is 216 g/mol. The van der Waals surface area contributed by atoms with Gasteiger partial charge in [-0.15, -0.1) is 0 Å². The molecule has 1 atom stereocenters. The van der Waals surface area contributed by atoms with Gasteiger partial charge in [0.2, 0.25) is 0 Å². The Labute approximate surface area is 101 Å². The summed E-state index contributed by atoms with van der Waals surface area (Å²) in [4.78, 5) is 10.6. The molecule has 0 saturated heterocycles. The monoisotopic (exact) mass is 232 g/mol. The maximum absolute atomic E-state index is 10.6. The molecule has 2 amide bonds. The third-order valence-electron chi connectivity index (χ3n) is 2.37. The SMILES string of the molecule is CC(NCCC#N)c1ccc(NC(N)=O)cc1. The van der Waals surface area contributed by atoms with Crippen LogP contribution in [0.2, 0.25) is 0 Å². The molecule has 5 heteroatoms. The number of nitrogens with zero attached hydrogens (tertiary/aromatic N) is 1. The molecule has 90 valence electrons. The Morgan fingerprint density at radius 2 is 2.12 bits per heavy atom. The molecule has 0 bridgehead atoms. The second-order valence-corrected chi connectivity index (χ2v) is 3.70. The highest BCUT2D eigenvalue weighted by Crippen LogP contribution is 2.15. The fraction of sp³-hybridized carbons (Fsp3) is 0.333. The number of primary amides is 1. The van der Waals surface area contributed by atoms with E-state index in [1.165, 1.54) is 0 Å². The van der Waals surface area contributed by atoms with Crippen LogP contribution in [0.25, 0.3) is 0 Å². The Morgan fingerprint density at radius 1 is 1.47 bits per heavy atom. The molecule has 4 N–H and O–H groups in total. The summed E-state index contributed by atoms with van der Waals surface area (Å²) in [6, 6.07) is 9.09. The number of anilines is 1. The molecule has 1 unspecified atom stereocenters. The molecule has 0 spiro atoms. The summed E-state index contributed by atoms with van der Waals surface area (Å²) >= 11 is 0. The highest BCUT2D eigenvalue weighted by atomic mass is 16.2. The fourth-order valence-electron chi connectivity index (χ4n) is 1.46. The van der Waals surface area contributed by atoms with Gasteiger partial charge in [0.1, 0.15) is 0 Å². The van der Waals surface area contributed by atoms with Crippen LogP contribution in [0, 0.1) is 11.3 Å². The number of carbonyl (C=O) groups excluding carboxylic acids is 1. The van der Waals surface area contributed by atoms with Crippen LogP contribution < -0.4 is 16.4 Å². The van der Waals surface area contributed by atoms with Gasteiger partial charge in [0.15, 0.2) is 0 Å². The number of nitrogens with one attached hydrogen (secondary N) is 2. The third kappa shape index (κ3) is 4.53. The van der Waals surface area contributed by atoms with Gasteiger partial charge in [-0.05, 0) is 24.6 Å². The number of carbonyl (C=O) groups is 1. The summed E-state index contributed by atoms with van der Waals surface area (Å²) in [5.74, 6) is 0. The van der Waals surface area contributed by atoms with E-state index in [0.717, 1.165) is 5.56 Å². The van der Waals surface area contributed by atoms with Gasteiger partial charge in [-0.3, -0.25) is 0 Å². The molecule has 5 nitrogen and oxygen atoms in total. The lowest BCUT2D eigenvalue weighted by molar-refractivity contribution is 0.259. The van der Waals surface area contributed by atoms with Gasteiger partial charge in [-0.1, -0.05) is 12.1 Å². The molecule has 0 radical (unpaired) electrons. The number of rotatable bonds is 5. The van der Waals surface area contributed by atoms with Crippen molar-refractivity contribution in [1.29, 1.82) is 5.26 Å². The summed E-state index contributed by atoms with van der Waals surface area (Å²) < 4.78 is 0. The predicted octanol–water partition coefficient (Wildman–Crippen LogP) is 1.74. The molecule has 0 saturated carbocycles. The Balaban J connectivity index is 2.55. The van der Waals surface area contributed by atoms with E-state index in [4.69, 9.17) is 11.0 Å². The highest BCUT2D eigenvalue weighted by molar-refractivity contribution is 5.87. The molecule has 1 aromatic rings. The summed E-state index contributed by atoms with van der Waals surface area (Å²) in [6.07, 6.45) is 0.492. The minimum atomic E-state index is -0.571. The van der Waals surface area contributed by atoms with Crippen LogP contribution in [0.5, 0.6) is 0 Å². The summed E-state index contributed by atoms with van der Waals surface area (Å²) in [6.45, 7) is 2.69. The third-order valence-corrected chi connectivity index (χ3v) is 2.37. The Bertz CT molecular complexity index is 408. The van der Waals surface area contributed by atoms with E-state index in [-0.39, 0.29) is 6.04 Å². The van der Waals surface area contributed by atoms with Crippen LogP contribution in [0.4, 0.5) is 10.5 Å². The lowest BCUT2D eigenvalue weighted by Gasteiger charge is -2.13. The van der Waals surface area contributed by atoms with Crippen LogP contribution in [-0.2, 0) is 0 Å². The molecule has 1 rings (SSSR count). The average Bonchev–Trinajstić information content (AvgIpc) is 2.29. The van der Waals surface area contributed by atoms with Crippen molar-refractivity contribution in [2.75, 3.05) is 11.9 Å². The number of nitriles is 1. The smallest absolute Gasteiger partial charge is 0.316 e. The van der Waals surface area contributed by atoms with Crippen LogP contribution >= 0.6 is 0 Å². The highest BCUT2D eigenvalue weighted by Gasteiger charge is 2.04. The van der Waals surface area contributed by atoms with E-state index < -0.39 is 6.03 Å². The number of urea groups is 1. The van der Waals surface area contributed by atoms with E-state index >= 15 is 0 Å². The van der Waals surface area contributed by atoms with Crippen molar-refractivity contribution < 1.29 is 4.79 Å². The second-order valence-electron chi connectivity index (χ2n) is 3.70. The largest absolute Gasteiger partial charge is 0.351 e. The van der Waals surface area contributed by atoms with Gasteiger partial charge in [0.05, 0.1) is 6.07 Å². The van der Waals surface area contributed by atoms with E-state index in [1.54, 1.807) is 12.1 Å². The molecule has 0 aliphatic rings. The normalized spacial score (nSPS) is 11.5. The van der Waals surface area contributed by atoms with Crippen LogP contribution in [0.15, 0.2) is 24.3 Å². The van der Waals surface area contributed by atoms with E-state index in [1.807, 2.05) is 19.1 Å². The van der Waals surface area contributed by atoms with Gasteiger partial charge in [-0.2, -0.15) is 5.26 Å². The zero-order valence-corrected chi connectivity index (χ0v) is 9.73. The van der Waals surface area contributed by atoms with Gasteiger partial charge < -0.3 is 16.4 Å². The number of hydrogen-bond donors (Lipinski definition) is 3. The van der Waals surface area contributed by atoms with Gasteiger partial charge in [0.25, 0.3) is 0 Å². The van der Waals surface area contributed by atoms with E-state index in [2.05, 4.69) is 16.7 Å². The van der Waals surface area contributed by atoms with Gasteiger partial charge in [0, 0.05) is 24.7 Å². The Kier molecular flexibility index (Phi) is 4.98. The summed E-state index contributed by atoms with van der Waals surface area (Å²) in [5, 5.41) is 14.2. The topological polar surface area (TPSA) is 90.9 Å². The maximum Gasteiger partial charge on any atom is 0.316 e. The van der Waals surface area contributed by atoms with Crippen molar-refractivity contribution in [3.63, 3.8) is 0 Å². The van der Waals surface area contributed by atoms with Crippen LogP contribution in [-0.4, -0.2) is 12.6 Å². The standard InChI is InChI=1S/C12H16N4O/c1-9(15-8-2-7-13)10-3-5-11(6-4-10)16-12(14)17/h3-6,9,15H,2,8H2,1H3,(H3,14,16,17). The van der Waals surface area contributed by atoms with Crippen molar-refractivity contribution in [2.45, 2.75) is 19.4 Å². The summed E-state index contributed by atoms with van der Waals surface area (Å²) in [5.41, 5.74) is 6.78. The second kappa shape index (κ2) is 6.51. The van der Waals surface area contributed by atoms with Crippen LogP contribution in [0.1, 0.15) is 24.9 Å². The molecule has 0 heterocycles. The Hall–Kier alpha value is -2.06. The lowest BCUT2D eigenvalue weighted by atomic mass is 10.1. The van der Waals surface area contributed by atoms with Crippen molar-refractivity contribution in [2.24, 2.45) is 5.73 Å². The summed E-state index contributed by atoms with van der Waals surface area (Å²) in [7, 11) is 0. The fourth-order valence-corrected chi connectivity index (χ4v) is 1.46. The minimum absolute atomic E-state index is 0.172. The molecule has 17 heavy (non-hydrogen) atoms. The number of hydrogen-bond acceptors (Lipinski definition) is 3. The van der Waals surface area contributed by atoms with Crippen molar-refractivity contribution >= 4 is 11.7 Å². The molecule has 0 aromatic heterocycles. The van der Waals surface area contributed by atoms with E-state index in [0.29, 0.717) is 18.7 Å². The zero-order valence-electron chi connectivity index (χ0n) is 9.73. The van der Waals surface area contributed by atoms with Crippen molar-refractivity contribution in [1.82, 2.24) is 5.32 Å².